The molecule has 3 nitrogen and oxygen atoms in total. The molecule has 0 aliphatic carbocycles. The summed E-state index contributed by atoms with van der Waals surface area (Å²) < 4.78 is 0. The third-order valence-electron chi connectivity index (χ3n) is 3.88. The molecule has 1 atom stereocenters. The van der Waals surface area contributed by atoms with Crippen molar-refractivity contribution in [1.82, 2.24) is 9.80 Å². The van der Waals surface area contributed by atoms with Gasteiger partial charge in [-0.15, -0.1) is 11.3 Å². The van der Waals surface area contributed by atoms with Crippen LogP contribution in [0.5, 0.6) is 0 Å². The topological polar surface area (TPSA) is 23.6 Å². The fourth-order valence-corrected chi connectivity index (χ4v) is 3.90. The second kappa shape index (κ2) is 7.79. The summed E-state index contributed by atoms with van der Waals surface area (Å²) in [6, 6.07) is 4.57. The van der Waals surface area contributed by atoms with Crippen molar-refractivity contribution in [2.24, 2.45) is 0 Å². The summed E-state index contributed by atoms with van der Waals surface area (Å²) in [6.07, 6.45) is 4.48. The molecular weight excluding hydrogens is 268 g/mol. The summed E-state index contributed by atoms with van der Waals surface area (Å²) in [6.45, 7) is 7.92. The first kappa shape index (κ1) is 15.5. The number of hydrogen-bond donors (Lipinski definition) is 0. The minimum Gasteiger partial charge on any atom is -0.334 e. The van der Waals surface area contributed by atoms with Crippen LogP contribution in [0.3, 0.4) is 0 Å². The monoisotopic (exact) mass is 294 g/mol. The molecule has 1 aliphatic heterocycles. The van der Waals surface area contributed by atoms with Gasteiger partial charge in [0, 0.05) is 11.4 Å². The maximum atomic E-state index is 12.6. The van der Waals surface area contributed by atoms with E-state index in [1.807, 2.05) is 0 Å². The highest BCUT2D eigenvalue weighted by Gasteiger charge is 2.30. The van der Waals surface area contributed by atoms with Gasteiger partial charge in [-0.1, -0.05) is 19.9 Å². The molecule has 1 aromatic heterocycles. The predicted octanol–water partition coefficient (Wildman–Crippen LogP) is 3.53. The molecule has 0 saturated carbocycles. The Morgan fingerprint density at radius 3 is 2.75 bits per heavy atom. The summed E-state index contributed by atoms with van der Waals surface area (Å²) in [7, 11) is 0. The van der Waals surface area contributed by atoms with E-state index in [0.29, 0.717) is 18.5 Å². The lowest BCUT2D eigenvalue weighted by molar-refractivity contribution is -0.133. The zero-order valence-electron chi connectivity index (χ0n) is 12.7. The van der Waals surface area contributed by atoms with Gasteiger partial charge in [-0.25, -0.2) is 0 Å². The third kappa shape index (κ3) is 3.83. The number of carbonyl (C=O) groups is 1. The van der Waals surface area contributed by atoms with Gasteiger partial charge in [-0.05, 0) is 50.2 Å². The van der Waals surface area contributed by atoms with Crippen molar-refractivity contribution in [3.8, 4) is 0 Å². The highest BCUT2D eigenvalue weighted by molar-refractivity contribution is 7.10. The zero-order valence-corrected chi connectivity index (χ0v) is 13.5. The minimum absolute atomic E-state index is 0.308. The fourth-order valence-electron chi connectivity index (χ4n) is 3.03. The van der Waals surface area contributed by atoms with Crippen LogP contribution in [0.15, 0.2) is 17.5 Å². The lowest BCUT2D eigenvalue weighted by Crippen LogP contribution is -2.40. The van der Waals surface area contributed by atoms with Crippen LogP contribution in [-0.2, 0) is 4.79 Å². The number of carbonyl (C=O) groups excluding carboxylic acids is 1. The SMILES string of the molecule is CCCN(CCC)CC(=O)N1CCCC1c1cccs1. The molecule has 0 radical (unpaired) electrons. The summed E-state index contributed by atoms with van der Waals surface area (Å²) in [4.78, 5) is 18.3. The van der Waals surface area contributed by atoms with Crippen LogP contribution in [0.4, 0.5) is 0 Å². The lowest BCUT2D eigenvalue weighted by atomic mass is 10.2. The molecule has 4 heteroatoms. The van der Waals surface area contributed by atoms with Crippen molar-refractivity contribution in [3.63, 3.8) is 0 Å². The largest absolute Gasteiger partial charge is 0.334 e. The molecular formula is C16H26N2OS. The lowest BCUT2D eigenvalue weighted by Gasteiger charge is -2.28. The highest BCUT2D eigenvalue weighted by atomic mass is 32.1. The molecule has 1 amide bonds. The number of hydrogen-bond acceptors (Lipinski definition) is 3. The van der Waals surface area contributed by atoms with Crippen molar-refractivity contribution < 1.29 is 4.79 Å². The Morgan fingerprint density at radius 1 is 1.40 bits per heavy atom. The van der Waals surface area contributed by atoms with Gasteiger partial charge < -0.3 is 4.90 Å². The smallest absolute Gasteiger partial charge is 0.237 e. The Morgan fingerprint density at radius 2 is 2.15 bits per heavy atom. The Bertz CT molecular complexity index is 399. The number of amides is 1. The van der Waals surface area contributed by atoms with Crippen LogP contribution in [0.1, 0.15) is 50.4 Å². The molecule has 0 spiro atoms. The van der Waals surface area contributed by atoms with Gasteiger partial charge in [0.25, 0.3) is 0 Å². The van der Waals surface area contributed by atoms with Crippen LogP contribution in [-0.4, -0.2) is 41.9 Å². The first-order chi connectivity index (χ1) is 9.76. The average Bonchev–Trinajstić information content (AvgIpc) is 3.10. The molecule has 1 fully saturated rings. The van der Waals surface area contributed by atoms with E-state index in [1.54, 1.807) is 11.3 Å². The Balaban J connectivity index is 1.96. The predicted molar refractivity (Wildman–Crippen MR) is 85.0 cm³/mol. The van der Waals surface area contributed by atoms with E-state index in [9.17, 15) is 4.79 Å². The summed E-state index contributed by atoms with van der Waals surface area (Å²) in [5, 5.41) is 2.11. The van der Waals surface area contributed by atoms with Gasteiger partial charge in [-0.2, -0.15) is 0 Å². The normalized spacial score (nSPS) is 18.9. The van der Waals surface area contributed by atoms with Crippen molar-refractivity contribution in [3.05, 3.63) is 22.4 Å². The third-order valence-corrected chi connectivity index (χ3v) is 4.86. The molecule has 0 aromatic carbocycles. The highest BCUT2D eigenvalue weighted by Crippen LogP contribution is 2.34. The molecule has 2 heterocycles. The number of rotatable bonds is 7. The second-order valence-electron chi connectivity index (χ2n) is 5.54. The molecule has 1 aliphatic rings. The molecule has 112 valence electrons. The molecule has 1 aromatic rings. The average molecular weight is 294 g/mol. The van der Waals surface area contributed by atoms with Gasteiger partial charge in [0.1, 0.15) is 0 Å². The van der Waals surface area contributed by atoms with E-state index in [0.717, 1.165) is 45.3 Å². The Kier molecular flexibility index (Phi) is 6.05. The van der Waals surface area contributed by atoms with Gasteiger partial charge in [0.15, 0.2) is 0 Å². The number of likely N-dealkylation sites (tertiary alicyclic amines) is 1. The number of thiophene rings is 1. The molecule has 2 rings (SSSR count). The first-order valence-corrected chi connectivity index (χ1v) is 8.69. The Labute approximate surface area is 126 Å². The maximum absolute atomic E-state index is 12.6. The minimum atomic E-state index is 0.308. The van der Waals surface area contributed by atoms with Crippen LogP contribution in [0, 0.1) is 0 Å². The van der Waals surface area contributed by atoms with Crippen molar-refractivity contribution in [2.75, 3.05) is 26.2 Å². The maximum Gasteiger partial charge on any atom is 0.237 e. The van der Waals surface area contributed by atoms with E-state index >= 15 is 0 Å². The van der Waals surface area contributed by atoms with Crippen LogP contribution in [0.2, 0.25) is 0 Å². The van der Waals surface area contributed by atoms with E-state index < -0.39 is 0 Å². The first-order valence-electron chi connectivity index (χ1n) is 7.81. The number of nitrogens with zero attached hydrogens (tertiary/aromatic N) is 2. The van der Waals surface area contributed by atoms with Crippen LogP contribution >= 0.6 is 11.3 Å². The molecule has 1 saturated heterocycles. The van der Waals surface area contributed by atoms with E-state index in [4.69, 9.17) is 0 Å². The van der Waals surface area contributed by atoms with E-state index in [2.05, 4.69) is 41.2 Å². The van der Waals surface area contributed by atoms with Crippen LogP contribution in [0.25, 0.3) is 0 Å². The zero-order chi connectivity index (χ0) is 14.4. The van der Waals surface area contributed by atoms with Gasteiger partial charge in [0.05, 0.1) is 12.6 Å². The van der Waals surface area contributed by atoms with E-state index in [-0.39, 0.29) is 0 Å². The molecule has 0 bridgehead atoms. The van der Waals surface area contributed by atoms with Gasteiger partial charge in [0.2, 0.25) is 5.91 Å². The summed E-state index contributed by atoms with van der Waals surface area (Å²) >= 11 is 1.77. The van der Waals surface area contributed by atoms with Crippen molar-refractivity contribution in [1.29, 1.82) is 0 Å². The van der Waals surface area contributed by atoms with Gasteiger partial charge in [-0.3, -0.25) is 9.69 Å². The second-order valence-corrected chi connectivity index (χ2v) is 6.52. The van der Waals surface area contributed by atoms with Gasteiger partial charge >= 0.3 is 0 Å². The molecule has 20 heavy (non-hydrogen) atoms. The Hall–Kier alpha value is -0.870. The van der Waals surface area contributed by atoms with Crippen molar-refractivity contribution >= 4 is 17.2 Å². The quantitative estimate of drug-likeness (QED) is 0.768. The van der Waals surface area contributed by atoms with Crippen molar-refractivity contribution in [2.45, 2.75) is 45.6 Å². The summed E-state index contributed by atoms with van der Waals surface area (Å²) in [5.74, 6) is 0.308. The van der Waals surface area contributed by atoms with E-state index in [1.165, 1.54) is 4.88 Å². The summed E-state index contributed by atoms with van der Waals surface area (Å²) in [5.41, 5.74) is 0. The molecule has 0 N–H and O–H groups in total. The standard InChI is InChI=1S/C16H26N2OS/c1-3-9-17(10-4-2)13-16(19)18-11-5-7-14(18)15-8-6-12-20-15/h6,8,12,14H,3-5,7,9-11,13H2,1-2H3. The van der Waals surface area contributed by atoms with Crippen LogP contribution < -0.4 is 0 Å². The fraction of sp³-hybridized carbons (Fsp3) is 0.688. The molecule has 1 unspecified atom stereocenters.